The highest BCUT2D eigenvalue weighted by atomic mass is 32.1. The van der Waals surface area contributed by atoms with Crippen LogP contribution in [0.15, 0.2) is 54.9 Å². The van der Waals surface area contributed by atoms with E-state index in [-0.39, 0.29) is 10.6 Å². The Morgan fingerprint density at radius 3 is 2.59 bits per heavy atom. The van der Waals surface area contributed by atoms with Gasteiger partial charge in [-0.1, -0.05) is 12.1 Å². The lowest BCUT2D eigenvalue weighted by Gasteiger charge is -2.09. The Hall–Kier alpha value is -3.45. The van der Waals surface area contributed by atoms with E-state index in [0.29, 0.717) is 15.9 Å². The van der Waals surface area contributed by atoms with Crippen LogP contribution >= 0.6 is 11.3 Å². The van der Waals surface area contributed by atoms with E-state index in [2.05, 4.69) is 9.97 Å². The molecule has 4 rings (SSSR count). The van der Waals surface area contributed by atoms with Crippen molar-refractivity contribution in [1.82, 2.24) is 9.97 Å². The second-order valence-corrected chi connectivity index (χ2v) is 6.85. The van der Waals surface area contributed by atoms with Gasteiger partial charge in [-0.25, -0.2) is 9.78 Å². The Labute approximate surface area is 158 Å². The number of hydrogen-bond donors (Lipinski definition) is 2. The van der Waals surface area contributed by atoms with Crippen LogP contribution in [0, 0.1) is 0 Å². The van der Waals surface area contributed by atoms with Gasteiger partial charge in [0.05, 0.1) is 18.5 Å². The Bertz CT molecular complexity index is 1140. The molecule has 0 spiro atoms. The van der Waals surface area contributed by atoms with Gasteiger partial charge in [0.1, 0.15) is 15.5 Å². The maximum atomic E-state index is 11.6. The summed E-state index contributed by atoms with van der Waals surface area (Å²) < 4.78 is 5.22. The third kappa shape index (κ3) is 2.98. The number of methoxy groups -OCH3 is 1. The van der Waals surface area contributed by atoms with E-state index in [1.54, 1.807) is 19.5 Å². The van der Waals surface area contributed by atoms with Crippen LogP contribution in [0.3, 0.4) is 0 Å². The summed E-state index contributed by atoms with van der Waals surface area (Å²) in [5, 5.41) is 10.1. The quantitative estimate of drug-likeness (QED) is 0.550. The Kier molecular flexibility index (Phi) is 4.21. The zero-order valence-corrected chi connectivity index (χ0v) is 15.2. The molecule has 7 heteroatoms. The number of nitrogen functional groups attached to an aromatic ring is 1. The highest BCUT2D eigenvalue weighted by Gasteiger charge is 2.21. The summed E-state index contributed by atoms with van der Waals surface area (Å²) in [6.45, 7) is 0. The number of nitrogens with zero attached hydrogens (tertiary/aromatic N) is 2. The molecular formula is C20H15N3O3S. The summed E-state index contributed by atoms with van der Waals surface area (Å²) in [7, 11) is 1.61. The number of rotatable bonds is 4. The maximum absolute atomic E-state index is 11.6. The van der Waals surface area contributed by atoms with Crippen LogP contribution in [0.2, 0.25) is 0 Å². The van der Waals surface area contributed by atoms with Crippen LogP contribution in [0.1, 0.15) is 9.67 Å². The number of carbonyl (C=O) groups is 1. The SMILES string of the molecule is COc1ccc(-c2cc(-c3cccnc3)nc3sc(C(=O)O)c(N)c23)cc1. The molecule has 0 saturated heterocycles. The van der Waals surface area contributed by atoms with Crippen molar-refractivity contribution >= 4 is 33.2 Å². The summed E-state index contributed by atoms with van der Waals surface area (Å²) >= 11 is 1.08. The second-order valence-electron chi connectivity index (χ2n) is 5.86. The number of carboxylic acids is 1. The zero-order chi connectivity index (χ0) is 19.0. The molecule has 0 bridgehead atoms. The van der Waals surface area contributed by atoms with Crippen molar-refractivity contribution in [1.29, 1.82) is 0 Å². The van der Waals surface area contributed by atoms with Crippen LogP contribution in [0.5, 0.6) is 5.75 Å². The number of anilines is 1. The molecule has 0 unspecified atom stereocenters. The summed E-state index contributed by atoms with van der Waals surface area (Å²) in [6.07, 6.45) is 3.42. The largest absolute Gasteiger partial charge is 0.497 e. The minimum absolute atomic E-state index is 0.0931. The Morgan fingerprint density at radius 1 is 1.19 bits per heavy atom. The summed E-state index contributed by atoms with van der Waals surface area (Å²) in [5.41, 5.74) is 9.68. The number of carboxylic acid groups (broad SMARTS) is 1. The van der Waals surface area contributed by atoms with Crippen molar-refractivity contribution in [3.05, 3.63) is 59.7 Å². The van der Waals surface area contributed by atoms with E-state index in [0.717, 1.165) is 33.8 Å². The molecule has 4 aromatic rings. The van der Waals surface area contributed by atoms with Gasteiger partial charge in [0.15, 0.2) is 0 Å². The number of pyridine rings is 2. The predicted octanol–water partition coefficient (Wildman–Crippen LogP) is 4.31. The first-order valence-corrected chi connectivity index (χ1v) is 8.91. The molecule has 0 saturated carbocycles. The monoisotopic (exact) mass is 377 g/mol. The first-order valence-electron chi connectivity index (χ1n) is 8.09. The highest BCUT2D eigenvalue weighted by Crippen LogP contribution is 2.41. The number of thiophene rings is 1. The van der Waals surface area contributed by atoms with E-state index in [4.69, 9.17) is 10.5 Å². The fourth-order valence-electron chi connectivity index (χ4n) is 2.94. The molecule has 0 atom stereocenters. The number of nitrogens with two attached hydrogens (primary N) is 1. The number of fused-ring (bicyclic) bond motifs is 1. The smallest absolute Gasteiger partial charge is 0.348 e. The molecule has 3 N–H and O–H groups in total. The minimum atomic E-state index is -1.06. The Morgan fingerprint density at radius 2 is 1.96 bits per heavy atom. The van der Waals surface area contributed by atoms with Gasteiger partial charge in [-0.3, -0.25) is 4.98 Å². The van der Waals surface area contributed by atoms with Crippen molar-refractivity contribution in [2.75, 3.05) is 12.8 Å². The van der Waals surface area contributed by atoms with E-state index < -0.39 is 5.97 Å². The number of aromatic nitrogens is 2. The number of ether oxygens (including phenoxy) is 1. The lowest BCUT2D eigenvalue weighted by atomic mass is 10.00. The number of aromatic carboxylic acids is 1. The van der Waals surface area contributed by atoms with Crippen LogP contribution in [-0.4, -0.2) is 28.2 Å². The average Bonchev–Trinajstić information content (AvgIpc) is 3.05. The van der Waals surface area contributed by atoms with Crippen LogP contribution in [0.4, 0.5) is 5.69 Å². The summed E-state index contributed by atoms with van der Waals surface area (Å²) in [4.78, 5) is 21.0. The van der Waals surface area contributed by atoms with Gasteiger partial charge in [-0.2, -0.15) is 0 Å². The molecular weight excluding hydrogens is 362 g/mol. The molecule has 134 valence electrons. The molecule has 0 aliphatic heterocycles. The lowest BCUT2D eigenvalue weighted by Crippen LogP contribution is -1.97. The van der Waals surface area contributed by atoms with Gasteiger partial charge >= 0.3 is 5.97 Å². The Balaban J connectivity index is 2.02. The van der Waals surface area contributed by atoms with Crippen LogP contribution in [-0.2, 0) is 0 Å². The molecule has 0 radical (unpaired) electrons. The van der Waals surface area contributed by atoms with E-state index in [9.17, 15) is 9.90 Å². The molecule has 27 heavy (non-hydrogen) atoms. The van der Waals surface area contributed by atoms with Gasteiger partial charge in [0.2, 0.25) is 0 Å². The lowest BCUT2D eigenvalue weighted by molar-refractivity contribution is 0.0703. The molecule has 3 aromatic heterocycles. The normalized spacial score (nSPS) is 10.9. The number of hydrogen-bond acceptors (Lipinski definition) is 6. The minimum Gasteiger partial charge on any atom is -0.497 e. The van der Waals surface area contributed by atoms with Crippen molar-refractivity contribution in [3.63, 3.8) is 0 Å². The molecule has 0 aliphatic carbocycles. The maximum Gasteiger partial charge on any atom is 0.348 e. The van der Waals surface area contributed by atoms with Crippen molar-refractivity contribution < 1.29 is 14.6 Å². The van der Waals surface area contributed by atoms with Crippen LogP contribution in [0.25, 0.3) is 32.6 Å². The molecule has 0 amide bonds. The van der Waals surface area contributed by atoms with Gasteiger partial charge in [-0.15, -0.1) is 11.3 Å². The van der Waals surface area contributed by atoms with Crippen molar-refractivity contribution in [2.24, 2.45) is 0 Å². The first-order chi connectivity index (χ1) is 13.1. The number of benzene rings is 1. The third-order valence-corrected chi connectivity index (χ3v) is 5.34. The molecule has 0 fully saturated rings. The van der Waals surface area contributed by atoms with Crippen molar-refractivity contribution in [2.45, 2.75) is 0 Å². The second kappa shape index (κ2) is 6.69. The highest BCUT2D eigenvalue weighted by molar-refractivity contribution is 7.21. The zero-order valence-electron chi connectivity index (χ0n) is 14.3. The molecule has 6 nitrogen and oxygen atoms in total. The molecule has 1 aromatic carbocycles. The molecule has 0 aliphatic rings. The van der Waals surface area contributed by atoms with E-state index >= 15 is 0 Å². The van der Waals surface area contributed by atoms with Gasteiger partial charge in [-0.05, 0) is 41.5 Å². The summed E-state index contributed by atoms with van der Waals surface area (Å²) in [6, 6.07) is 13.2. The summed E-state index contributed by atoms with van der Waals surface area (Å²) in [5.74, 6) is -0.319. The predicted molar refractivity (Wildman–Crippen MR) is 106 cm³/mol. The average molecular weight is 377 g/mol. The standard InChI is InChI=1S/C20H15N3O3S/c1-26-13-6-4-11(5-7-13)14-9-15(12-3-2-8-22-10-12)23-19-16(14)17(21)18(27-19)20(24)25/h2-10H,21H2,1H3,(H,24,25). The van der Waals surface area contributed by atoms with Gasteiger partial charge in [0.25, 0.3) is 0 Å². The van der Waals surface area contributed by atoms with E-state index in [1.807, 2.05) is 42.5 Å². The fraction of sp³-hybridized carbons (Fsp3) is 0.0500. The van der Waals surface area contributed by atoms with E-state index in [1.165, 1.54) is 0 Å². The van der Waals surface area contributed by atoms with Gasteiger partial charge < -0.3 is 15.6 Å². The topological polar surface area (TPSA) is 98.3 Å². The third-order valence-electron chi connectivity index (χ3n) is 4.25. The first kappa shape index (κ1) is 17.0. The van der Waals surface area contributed by atoms with Crippen LogP contribution < -0.4 is 10.5 Å². The van der Waals surface area contributed by atoms with Crippen molar-refractivity contribution in [3.8, 4) is 28.1 Å². The fourth-order valence-corrected chi connectivity index (χ4v) is 3.90. The molecule has 3 heterocycles. The van der Waals surface area contributed by atoms with Gasteiger partial charge in [0, 0.05) is 23.3 Å².